The molecule has 0 spiro atoms. The Bertz CT molecular complexity index is 793. The lowest BCUT2D eigenvalue weighted by Gasteiger charge is -2.14. The van der Waals surface area contributed by atoms with Crippen LogP contribution in [0.3, 0.4) is 0 Å². The van der Waals surface area contributed by atoms with E-state index < -0.39 is 0 Å². The Morgan fingerprint density at radius 2 is 1.96 bits per heavy atom. The van der Waals surface area contributed by atoms with Crippen molar-refractivity contribution >= 4 is 16.9 Å². The molecule has 0 bridgehead atoms. The number of rotatable bonds is 6. The van der Waals surface area contributed by atoms with Gasteiger partial charge in [-0.25, -0.2) is 9.37 Å². The molecule has 24 heavy (non-hydrogen) atoms. The summed E-state index contributed by atoms with van der Waals surface area (Å²) in [5, 5.41) is 2.94. The molecule has 0 aliphatic heterocycles. The summed E-state index contributed by atoms with van der Waals surface area (Å²) in [6, 6.07) is 13.9. The molecule has 0 aliphatic carbocycles. The monoisotopic (exact) mass is 325 g/mol. The van der Waals surface area contributed by atoms with Crippen LogP contribution < -0.4 is 5.32 Å². The van der Waals surface area contributed by atoms with Crippen LogP contribution in [0.15, 0.2) is 48.5 Å². The van der Waals surface area contributed by atoms with E-state index in [1.54, 1.807) is 12.1 Å². The number of nitrogens with one attached hydrogen (secondary N) is 2. The highest BCUT2D eigenvalue weighted by Gasteiger charge is 2.10. The summed E-state index contributed by atoms with van der Waals surface area (Å²) in [6.07, 6.45) is 1.89. The number of carbonyl (C=O) groups is 1. The van der Waals surface area contributed by atoms with E-state index in [9.17, 15) is 9.18 Å². The number of halogens is 1. The van der Waals surface area contributed by atoms with E-state index >= 15 is 0 Å². The van der Waals surface area contributed by atoms with Gasteiger partial charge in [-0.15, -0.1) is 0 Å². The number of amides is 1. The van der Waals surface area contributed by atoms with Gasteiger partial charge in [-0.3, -0.25) is 4.79 Å². The van der Waals surface area contributed by atoms with Crippen LogP contribution in [0.2, 0.25) is 0 Å². The maximum Gasteiger partial charge on any atom is 0.220 e. The molecule has 0 saturated carbocycles. The zero-order valence-corrected chi connectivity index (χ0v) is 13.6. The molecule has 0 aliphatic rings. The molecule has 124 valence electrons. The molecular weight excluding hydrogens is 305 g/mol. The van der Waals surface area contributed by atoms with E-state index in [1.807, 2.05) is 31.2 Å². The standard InChI is InChI=1S/C19H20FN3O/c1-13(14-9-11-15(20)12-10-14)21-19(24)8-4-7-18-22-16-5-2-3-6-17(16)23-18/h2-3,5-6,9-13H,4,7-8H2,1H3,(H,21,24)(H,22,23)/t13-/m1/s1. The number of benzene rings is 2. The summed E-state index contributed by atoms with van der Waals surface area (Å²) >= 11 is 0. The van der Waals surface area contributed by atoms with Gasteiger partial charge in [0.25, 0.3) is 0 Å². The first-order chi connectivity index (χ1) is 11.6. The van der Waals surface area contributed by atoms with Crippen molar-refractivity contribution in [1.29, 1.82) is 0 Å². The lowest BCUT2D eigenvalue weighted by molar-refractivity contribution is -0.121. The Morgan fingerprint density at radius 3 is 2.71 bits per heavy atom. The molecule has 1 amide bonds. The maximum absolute atomic E-state index is 12.9. The number of nitrogens with zero attached hydrogens (tertiary/aromatic N) is 1. The Labute approximate surface area is 140 Å². The van der Waals surface area contributed by atoms with Crippen LogP contribution >= 0.6 is 0 Å². The fourth-order valence-electron chi connectivity index (χ4n) is 2.69. The van der Waals surface area contributed by atoms with Crippen molar-refractivity contribution in [2.75, 3.05) is 0 Å². The molecule has 0 saturated heterocycles. The minimum absolute atomic E-state index is 0.0112. The van der Waals surface area contributed by atoms with E-state index in [0.717, 1.165) is 35.3 Å². The third-order valence-corrected chi connectivity index (χ3v) is 4.00. The van der Waals surface area contributed by atoms with Crippen molar-refractivity contribution in [3.63, 3.8) is 0 Å². The fraction of sp³-hybridized carbons (Fsp3) is 0.263. The van der Waals surface area contributed by atoms with E-state index in [4.69, 9.17) is 0 Å². The lowest BCUT2D eigenvalue weighted by atomic mass is 10.1. The van der Waals surface area contributed by atoms with Gasteiger partial charge in [0.15, 0.2) is 0 Å². The third kappa shape index (κ3) is 3.98. The molecule has 0 fully saturated rings. The molecular formula is C19H20FN3O. The molecule has 1 atom stereocenters. The summed E-state index contributed by atoms with van der Waals surface area (Å²) in [4.78, 5) is 19.8. The van der Waals surface area contributed by atoms with Gasteiger partial charge in [-0.1, -0.05) is 24.3 Å². The van der Waals surface area contributed by atoms with Gasteiger partial charge in [0, 0.05) is 12.8 Å². The summed E-state index contributed by atoms with van der Waals surface area (Å²) in [5.41, 5.74) is 2.85. The number of H-pyrrole nitrogens is 1. The first-order valence-corrected chi connectivity index (χ1v) is 8.10. The van der Waals surface area contributed by atoms with E-state index in [1.165, 1.54) is 12.1 Å². The van der Waals surface area contributed by atoms with Crippen molar-refractivity contribution in [1.82, 2.24) is 15.3 Å². The number of aromatic amines is 1. The molecule has 1 heterocycles. The minimum Gasteiger partial charge on any atom is -0.350 e. The zero-order valence-electron chi connectivity index (χ0n) is 13.6. The third-order valence-electron chi connectivity index (χ3n) is 4.00. The Hall–Kier alpha value is -2.69. The molecule has 5 heteroatoms. The van der Waals surface area contributed by atoms with Crippen LogP contribution in [0.25, 0.3) is 11.0 Å². The molecule has 0 radical (unpaired) electrons. The summed E-state index contributed by atoms with van der Waals surface area (Å²) in [6.45, 7) is 1.89. The van der Waals surface area contributed by atoms with Crippen LogP contribution in [0.1, 0.15) is 37.2 Å². The van der Waals surface area contributed by atoms with Gasteiger partial charge in [-0.2, -0.15) is 0 Å². The molecule has 3 aromatic rings. The quantitative estimate of drug-likeness (QED) is 0.722. The zero-order chi connectivity index (χ0) is 16.9. The molecule has 2 N–H and O–H groups in total. The second-order valence-corrected chi connectivity index (χ2v) is 5.89. The van der Waals surface area contributed by atoms with Gasteiger partial charge in [-0.05, 0) is 43.2 Å². The van der Waals surface area contributed by atoms with E-state index in [0.29, 0.717) is 6.42 Å². The summed E-state index contributed by atoms with van der Waals surface area (Å²) < 4.78 is 12.9. The number of carbonyl (C=O) groups excluding carboxylic acids is 1. The van der Waals surface area contributed by atoms with Gasteiger partial charge in [0.2, 0.25) is 5.91 Å². The predicted molar refractivity (Wildman–Crippen MR) is 92.0 cm³/mol. The van der Waals surface area contributed by atoms with Crippen molar-refractivity contribution in [2.24, 2.45) is 0 Å². The molecule has 3 rings (SSSR count). The lowest BCUT2D eigenvalue weighted by Crippen LogP contribution is -2.26. The number of hydrogen-bond acceptors (Lipinski definition) is 2. The summed E-state index contributed by atoms with van der Waals surface area (Å²) in [5.74, 6) is 0.613. The van der Waals surface area contributed by atoms with Crippen molar-refractivity contribution < 1.29 is 9.18 Å². The van der Waals surface area contributed by atoms with Crippen LogP contribution in [-0.4, -0.2) is 15.9 Å². The van der Waals surface area contributed by atoms with Crippen LogP contribution in [0.4, 0.5) is 4.39 Å². The van der Waals surface area contributed by atoms with Crippen LogP contribution in [0.5, 0.6) is 0 Å². The number of imidazole rings is 1. The molecule has 4 nitrogen and oxygen atoms in total. The second-order valence-electron chi connectivity index (χ2n) is 5.89. The largest absolute Gasteiger partial charge is 0.350 e. The normalized spacial score (nSPS) is 12.2. The van der Waals surface area contributed by atoms with Crippen LogP contribution in [-0.2, 0) is 11.2 Å². The van der Waals surface area contributed by atoms with Gasteiger partial charge >= 0.3 is 0 Å². The van der Waals surface area contributed by atoms with Gasteiger partial charge < -0.3 is 10.3 Å². The summed E-state index contributed by atoms with van der Waals surface area (Å²) in [7, 11) is 0. The number of aromatic nitrogens is 2. The first kappa shape index (κ1) is 16.2. The Morgan fingerprint density at radius 1 is 1.21 bits per heavy atom. The van der Waals surface area contributed by atoms with Crippen molar-refractivity contribution in [3.05, 3.63) is 65.7 Å². The highest BCUT2D eigenvalue weighted by atomic mass is 19.1. The fourth-order valence-corrected chi connectivity index (χ4v) is 2.69. The number of aryl methyl sites for hydroxylation is 1. The number of hydrogen-bond donors (Lipinski definition) is 2. The first-order valence-electron chi connectivity index (χ1n) is 8.10. The molecule has 1 aromatic heterocycles. The van der Waals surface area contributed by atoms with Crippen molar-refractivity contribution in [3.8, 4) is 0 Å². The average molecular weight is 325 g/mol. The van der Waals surface area contributed by atoms with E-state index in [2.05, 4.69) is 15.3 Å². The minimum atomic E-state index is -0.275. The maximum atomic E-state index is 12.9. The van der Waals surface area contributed by atoms with Gasteiger partial charge in [0.1, 0.15) is 11.6 Å². The predicted octanol–water partition coefficient (Wildman–Crippen LogP) is 3.90. The van der Waals surface area contributed by atoms with Crippen LogP contribution in [0, 0.1) is 5.82 Å². The van der Waals surface area contributed by atoms with Crippen molar-refractivity contribution in [2.45, 2.75) is 32.2 Å². The smallest absolute Gasteiger partial charge is 0.220 e. The number of para-hydroxylation sites is 2. The highest BCUT2D eigenvalue weighted by molar-refractivity contribution is 5.76. The highest BCUT2D eigenvalue weighted by Crippen LogP contribution is 2.14. The molecule has 0 unspecified atom stereocenters. The Kier molecular flexibility index (Phi) is 4.89. The molecule has 2 aromatic carbocycles. The second kappa shape index (κ2) is 7.25. The van der Waals surface area contributed by atoms with Gasteiger partial charge in [0.05, 0.1) is 17.1 Å². The number of fused-ring (bicyclic) bond motifs is 1. The Balaban J connectivity index is 1.47. The topological polar surface area (TPSA) is 57.8 Å². The average Bonchev–Trinajstić information content (AvgIpc) is 2.98. The van der Waals surface area contributed by atoms with E-state index in [-0.39, 0.29) is 17.8 Å². The SMILES string of the molecule is C[C@@H](NC(=O)CCCc1nc2ccccc2[nH]1)c1ccc(F)cc1.